The molecule has 2 aromatic rings. The lowest BCUT2D eigenvalue weighted by atomic mass is 10.1. The van der Waals surface area contributed by atoms with Crippen LogP contribution in [0.3, 0.4) is 0 Å². The van der Waals surface area contributed by atoms with Gasteiger partial charge in [0.1, 0.15) is 11.5 Å². The van der Waals surface area contributed by atoms with Crippen molar-refractivity contribution in [2.45, 2.75) is 13.8 Å². The van der Waals surface area contributed by atoms with E-state index in [4.69, 9.17) is 0 Å². The second-order valence-corrected chi connectivity index (χ2v) is 4.50. The molecule has 0 bridgehead atoms. The number of nitrogens with one attached hydrogen (secondary N) is 1. The van der Waals surface area contributed by atoms with Gasteiger partial charge in [-0.3, -0.25) is 4.79 Å². The van der Waals surface area contributed by atoms with Crippen molar-refractivity contribution in [3.05, 3.63) is 53.1 Å². The lowest BCUT2D eigenvalue weighted by Crippen LogP contribution is -2.12. The zero-order chi connectivity index (χ0) is 14.0. The molecule has 4 heteroatoms. The minimum Gasteiger partial charge on any atom is -0.507 e. The van der Waals surface area contributed by atoms with Gasteiger partial charge in [-0.2, -0.15) is 0 Å². The van der Waals surface area contributed by atoms with Crippen LogP contribution in [0.2, 0.25) is 0 Å². The molecule has 0 unspecified atom stereocenters. The van der Waals surface area contributed by atoms with E-state index in [1.54, 1.807) is 24.3 Å². The maximum atomic E-state index is 12.1. The number of anilines is 1. The van der Waals surface area contributed by atoms with Gasteiger partial charge in [-0.1, -0.05) is 17.7 Å². The molecule has 0 saturated carbocycles. The third kappa shape index (κ3) is 2.85. The van der Waals surface area contributed by atoms with E-state index in [9.17, 15) is 15.0 Å². The molecule has 2 rings (SSSR count). The van der Waals surface area contributed by atoms with Crippen molar-refractivity contribution in [2.75, 3.05) is 5.32 Å². The van der Waals surface area contributed by atoms with Gasteiger partial charge in [-0.05, 0) is 43.7 Å². The van der Waals surface area contributed by atoms with Gasteiger partial charge in [0.05, 0.1) is 11.3 Å². The quantitative estimate of drug-likeness (QED) is 0.724. The molecular formula is C15H15NO3. The highest BCUT2D eigenvalue weighted by atomic mass is 16.3. The molecule has 0 atom stereocenters. The van der Waals surface area contributed by atoms with Gasteiger partial charge in [0.25, 0.3) is 5.91 Å². The molecule has 0 fully saturated rings. The Labute approximate surface area is 111 Å². The first-order valence-electron chi connectivity index (χ1n) is 5.88. The second kappa shape index (κ2) is 5.02. The maximum absolute atomic E-state index is 12.1. The molecule has 0 saturated heterocycles. The summed E-state index contributed by atoms with van der Waals surface area (Å²) in [6.45, 7) is 3.69. The Morgan fingerprint density at radius 1 is 0.947 bits per heavy atom. The first kappa shape index (κ1) is 13.0. The molecule has 0 radical (unpaired) electrons. The number of hydrogen-bond acceptors (Lipinski definition) is 3. The molecular weight excluding hydrogens is 242 g/mol. The number of amides is 1. The van der Waals surface area contributed by atoms with Crippen molar-refractivity contribution >= 4 is 11.6 Å². The second-order valence-electron chi connectivity index (χ2n) is 4.50. The highest BCUT2D eigenvalue weighted by Gasteiger charge is 2.13. The van der Waals surface area contributed by atoms with E-state index in [2.05, 4.69) is 5.32 Å². The Hall–Kier alpha value is -2.49. The molecule has 19 heavy (non-hydrogen) atoms. The molecule has 0 aliphatic heterocycles. The van der Waals surface area contributed by atoms with Gasteiger partial charge >= 0.3 is 0 Å². The van der Waals surface area contributed by atoms with Crippen LogP contribution in [0.4, 0.5) is 5.69 Å². The maximum Gasteiger partial charge on any atom is 0.259 e. The van der Waals surface area contributed by atoms with E-state index in [1.165, 1.54) is 12.1 Å². The number of aromatic hydroxyl groups is 2. The third-order valence-corrected chi connectivity index (χ3v) is 2.80. The zero-order valence-electron chi connectivity index (χ0n) is 10.8. The number of hydrogen-bond donors (Lipinski definition) is 3. The average molecular weight is 257 g/mol. The van der Waals surface area contributed by atoms with Crippen molar-refractivity contribution in [1.82, 2.24) is 0 Å². The predicted octanol–water partition coefficient (Wildman–Crippen LogP) is 2.97. The Morgan fingerprint density at radius 3 is 2.21 bits per heavy atom. The van der Waals surface area contributed by atoms with E-state index in [0.29, 0.717) is 5.69 Å². The number of phenols is 2. The van der Waals surface area contributed by atoms with Gasteiger partial charge in [0, 0.05) is 0 Å². The van der Waals surface area contributed by atoms with Crippen LogP contribution in [0.5, 0.6) is 11.5 Å². The number of carbonyl (C=O) groups excluding carboxylic acids is 1. The van der Waals surface area contributed by atoms with E-state index < -0.39 is 5.91 Å². The lowest BCUT2D eigenvalue weighted by molar-refractivity contribution is 0.102. The van der Waals surface area contributed by atoms with E-state index in [1.807, 2.05) is 13.8 Å². The standard InChI is InChI=1S/C15H15NO3/c1-9-3-5-13(17)11(7-9)15(19)16-12-8-10(2)4-6-14(12)18/h3-8,17-18H,1-2H3,(H,16,19). The summed E-state index contributed by atoms with van der Waals surface area (Å²) in [5, 5.41) is 21.9. The summed E-state index contributed by atoms with van der Waals surface area (Å²) in [7, 11) is 0. The highest BCUT2D eigenvalue weighted by Crippen LogP contribution is 2.26. The number of rotatable bonds is 2. The Bertz CT molecular complexity index is 635. The SMILES string of the molecule is Cc1ccc(O)c(NC(=O)c2cc(C)ccc2O)c1. The summed E-state index contributed by atoms with van der Waals surface area (Å²) in [4.78, 5) is 12.1. The third-order valence-electron chi connectivity index (χ3n) is 2.80. The van der Waals surface area contributed by atoms with Crippen molar-refractivity contribution in [3.8, 4) is 11.5 Å². The monoisotopic (exact) mass is 257 g/mol. The fourth-order valence-electron chi connectivity index (χ4n) is 1.77. The van der Waals surface area contributed by atoms with E-state index in [0.717, 1.165) is 11.1 Å². The van der Waals surface area contributed by atoms with Gasteiger partial charge in [0.15, 0.2) is 0 Å². The van der Waals surface area contributed by atoms with Gasteiger partial charge in [0.2, 0.25) is 0 Å². The molecule has 3 N–H and O–H groups in total. The van der Waals surface area contributed by atoms with Gasteiger partial charge in [-0.25, -0.2) is 0 Å². The van der Waals surface area contributed by atoms with E-state index in [-0.39, 0.29) is 17.1 Å². The van der Waals surface area contributed by atoms with Crippen LogP contribution in [0.25, 0.3) is 0 Å². The average Bonchev–Trinajstić information content (AvgIpc) is 2.36. The van der Waals surface area contributed by atoms with Crippen LogP contribution >= 0.6 is 0 Å². The molecule has 0 aromatic heterocycles. The molecule has 4 nitrogen and oxygen atoms in total. The molecule has 2 aromatic carbocycles. The van der Waals surface area contributed by atoms with Crippen LogP contribution in [-0.4, -0.2) is 16.1 Å². The largest absolute Gasteiger partial charge is 0.507 e. The normalized spacial score (nSPS) is 10.2. The first-order chi connectivity index (χ1) is 8.97. The Balaban J connectivity index is 2.30. The first-order valence-corrected chi connectivity index (χ1v) is 5.88. The Morgan fingerprint density at radius 2 is 1.53 bits per heavy atom. The lowest BCUT2D eigenvalue weighted by Gasteiger charge is -2.09. The molecule has 0 spiro atoms. The molecule has 0 aliphatic rings. The molecule has 0 heterocycles. The zero-order valence-corrected chi connectivity index (χ0v) is 10.8. The van der Waals surface area contributed by atoms with Crippen molar-refractivity contribution in [2.24, 2.45) is 0 Å². The molecule has 0 aliphatic carbocycles. The van der Waals surface area contributed by atoms with Crippen LogP contribution in [-0.2, 0) is 0 Å². The van der Waals surface area contributed by atoms with Crippen molar-refractivity contribution < 1.29 is 15.0 Å². The smallest absolute Gasteiger partial charge is 0.259 e. The minimum atomic E-state index is -0.456. The topological polar surface area (TPSA) is 69.6 Å². The van der Waals surface area contributed by atoms with Crippen molar-refractivity contribution in [3.63, 3.8) is 0 Å². The van der Waals surface area contributed by atoms with Crippen LogP contribution in [0.1, 0.15) is 21.5 Å². The predicted molar refractivity (Wildman–Crippen MR) is 73.6 cm³/mol. The highest BCUT2D eigenvalue weighted by molar-refractivity contribution is 6.06. The fourth-order valence-corrected chi connectivity index (χ4v) is 1.77. The summed E-state index contributed by atoms with van der Waals surface area (Å²) in [5.41, 5.74) is 2.30. The number of benzene rings is 2. The molecule has 98 valence electrons. The Kier molecular flexibility index (Phi) is 3.42. The summed E-state index contributed by atoms with van der Waals surface area (Å²) in [6.07, 6.45) is 0. The fraction of sp³-hybridized carbons (Fsp3) is 0.133. The molecule has 1 amide bonds. The van der Waals surface area contributed by atoms with E-state index >= 15 is 0 Å². The van der Waals surface area contributed by atoms with Crippen molar-refractivity contribution in [1.29, 1.82) is 0 Å². The summed E-state index contributed by atoms with van der Waals surface area (Å²) in [5.74, 6) is -0.552. The number of carbonyl (C=O) groups is 1. The van der Waals surface area contributed by atoms with Crippen LogP contribution in [0, 0.1) is 13.8 Å². The van der Waals surface area contributed by atoms with Crippen LogP contribution < -0.4 is 5.32 Å². The number of aryl methyl sites for hydroxylation is 2. The summed E-state index contributed by atoms with van der Waals surface area (Å²) < 4.78 is 0. The van der Waals surface area contributed by atoms with Crippen LogP contribution in [0.15, 0.2) is 36.4 Å². The summed E-state index contributed by atoms with van der Waals surface area (Å²) >= 11 is 0. The number of phenolic OH excluding ortho intramolecular Hbond substituents is 2. The van der Waals surface area contributed by atoms with Gasteiger partial charge in [-0.15, -0.1) is 0 Å². The van der Waals surface area contributed by atoms with Gasteiger partial charge < -0.3 is 15.5 Å². The summed E-state index contributed by atoms with van der Waals surface area (Å²) in [6, 6.07) is 9.71. The minimum absolute atomic E-state index is 0.00825.